The van der Waals surface area contributed by atoms with Crippen molar-refractivity contribution in [3.05, 3.63) is 33.3 Å². The molecule has 92 valence electrons. The molecule has 0 radical (unpaired) electrons. The van der Waals surface area contributed by atoms with E-state index in [1.807, 2.05) is 19.1 Å². The Morgan fingerprint density at radius 2 is 2.11 bits per heavy atom. The van der Waals surface area contributed by atoms with Gasteiger partial charge >= 0.3 is 0 Å². The Hall–Kier alpha value is -1.70. The monoisotopic (exact) mass is 280 g/mol. The molecule has 2 aromatic rings. The summed E-state index contributed by atoms with van der Waals surface area (Å²) in [6, 6.07) is 5.68. The molecule has 0 bridgehead atoms. The summed E-state index contributed by atoms with van der Waals surface area (Å²) < 4.78 is 0. The van der Waals surface area contributed by atoms with Crippen molar-refractivity contribution in [2.75, 3.05) is 5.73 Å². The molecule has 6 heteroatoms. The van der Waals surface area contributed by atoms with Gasteiger partial charge in [-0.3, -0.25) is 5.10 Å². The zero-order valence-electron chi connectivity index (χ0n) is 9.59. The van der Waals surface area contributed by atoms with Crippen LogP contribution in [-0.4, -0.2) is 10.2 Å². The highest BCUT2D eigenvalue weighted by Gasteiger charge is 2.17. The first-order valence-electron chi connectivity index (χ1n) is 5.31. The molecule has 4 nitrogen and oxygen atoms in total. The van der Waals surface area contributed by atoms with Gasteiger partial charge in [-0.2, -0.15) is 10.4 Å². The maximum absolute atomic E-state index is 9.04. The molecule has 1 heterocycles. The predicted molar refractivity (Wildman–Crippen MR) is 72.5 cm³/mol. The van der Waals surface area contributed by atoms with Gasteiger partial charge in [0.15, 0.2) is 5.82 Å². The standard InChI is InChI=1S/C12H10Cl2N4/c1-2-6-3-4-7(10(14)9(6)13)11-8(5-15)12(16)18-17-11/h3-4H,2H2,1H3,(H3,16,17,18). The fraction of sp³-hybridized carbons (Fsp3) is 0.167. The number of hydrogen-bond acceptors (Lipinski definition) is 3. The Balaban J connectivity index is 2.66. The Bertz CT molecular complexity index is 640. The number of hydrogen-bond donors (Lipinski definition) is 2. The number of halogens is 2. The zero-order chi connectivity index (χ0) is 13.3. The van der Waals surface area contributed by atoms with Crippen molar-refractivity contribution >= 4 is 29.0 Å². The summed E-state index contributed by atoms with van der Waals surface area (Å²) in [5.41, 5.74) is 7.94. The number of nitrogen functional groups attached to an aromatic ring is 1. The molecule has 0 aliphatic rings. The Morgan fingerprint density at radius 3 is 2.72 bits per heavy atom. The van der Waals surface area contributed by atoms with Gasteiger partial charge in [-0.1, -0.05) is 42.3 Å². The molecular weight excluding hydrogens is 271 g/mol. The van der Waals surface area contributed by atoms with Gasteiger partial charge < -0.3 is 5.73 Å². The predicted octanol–water partition coefficient (Wildman–Crippen LogP) is 3.40. The Labute approximate surface area is 114 Å². The lowest BCUT2D eigenvalue weighted by atomic mass is 10.0. The van der Waals surface area contributed by atoms with Gasteiger partial charge in [0, 0.05) is 5.56 Å². The van der Waals surface area contributed by atoms with Crippen LogP contribution in [0.4, 0.5) is 5.82 Å². The summed E-state index contributed by atoms with van der Waals surface area (Å²) in [5.74, 6) is 0.152. The SMILES string of the molecule is CCc1ccc(-c2[nH]nc(N)c2C#N)c(Cl)c1Cl. The minimum absolute atomic E-state index is 0.152. The lowest BCUT2D eigenvalue weighted by Crippen LogP contribution is -1.90. The molecule has 0 saturated heterocycles. The van der Waals surface area contributed by atoms with Crippen molar-refractivity contribution in [2.24, 2.45) is 0 Å². The molecule has 0 aliphatic heterocycles. The number of H-pyrrole nitrogens is 1. The second-order valence-corrected chi connectivity index (χ2v) is 4.48. The number of anilines is 1. The number of nitriles is 1. The molecule has 0 fully saturated rings. The van der Waals surface area contributed by atoms with Crippen molar-refractivity contribution in [1.29, 1.82) is 5.26 Å². The maximum atomic E-state index is 9.04. The van der Waals surface area contributed by atoms with Crippen LogP contribution < -0.4 is 5.73 Å². The molecule has 0 saturated carbocycles. The lowest BCUT2D eigenvalue weighted by Gasteiger charge is -2.08. The second kappa shape index (κ2) is 4.89. The number of nitrogens with zero attached hydrogens (tertiary/aromatic N) is 2. The quantitative estimate of drug-likeness (QED) is 0.885. The van der Waals surface area contributed by atoms with Gasteiger partial charge in [-0.15, -0.1) is 0 Å². The van der Waals surface area contributed by atoms with E-state index in [9.17, 15) is 0 Å². The van der Waals surface area contributed by atoms with Crippen molar-refractivity contribution < 1.29 is 0 Å². The highest BCUT2D eigenvalue weighted by molar-refractivity contribution is 6.44. The summed E-state index contributed by atoms with van der Waals surface area (Å²) in [6.07, 6.45) is 0.787. The molecule has 18 heavy (non-hydrogen) atoms. The van der Waals surface area contributed by atoms with Crippen molar-refractivity contribution in [3.8, 4) is 17.3 Å². The fourth-order valence-electron chi connectivity index (χ4n) is 1.72. The largest absolute Gasteiger partial charge is 0.381 e. The fourth-order valence-corrected chi connectivity index (χ4v) is 2.30. The first kappa shape index (κ1) is 12.7. The number of nitrogens with two attached hydrogens (primary N) is 1. The number of aromatic nitrogens is 2. The molecule has 0 atom stereocenters. The number of rotatable bonds is 2. The van der Waals surface area contributed by atoms with Crippen LogP contribution in [0.1, 0.15) is 18.1 Å². The molecule has 0 amide bonds. The van der Waals surface area contributed by atoms with Crippen LogP contribution >= 0.6 is 23.2 Å². The summed E-state index contributed by atoms with van der Waals surface area (Å²) >= 11 is 12.4. The maximum Gasteiger partial charge on any atom is 0.163 e. The minimum atomic E-state index is 0.152. The van der Waals surface area contributed by atoms with Crippen LogP contribution in [0, 0.1) is 11.3 Å². The lowest BCUT2D eigenvalue weighted by molar-refractivity contribution is 1.10. The van der Waals surface area contributed by atoms with Crippen LogP contribution in [0.3, 0.4) is 0 Å². The number of aryl methyl sites for hydroxylation is 1. The van der Waals surface area contributed by atoms with Gasteiger partial charge in [0.05, 0.1) is 15.7 Å². The molecule has 0 spiro atoms. The summed E-state index contributed by atoms with van der Waals surface area (Å²) in [7, 11) is 0. The average Bonchev–Trinajstić information content (AvgIpc) is 2.73. The Kier molecular flexibility index (Phi) is 3.46. The van der Waals surface area contributed by atoms with Crippen LogP contribution in [-0.2, 0) is 6.42 Å². The highest BCUT2D eigenvalue weighted by Crippen LogP contribution is 2.37. The van der Waals surface area contributed by atoms with E-state index in [1.165, 1.54) is 0 Å². The summed E-state index contributed by atoms with van der Waals surface area (Å²) in [5, 5.41) is 16.4. The van der Waals surface area contributed by atoms with Crippen LogP contribution in [0.15, 0.2) is 12.1 Å². The van der Waals surface area contributed by atoms with E-state index < -0.39 is 0 Å². The number of benzene rings is 1. The second-order valence-electron chi connectivity index (χ2n) is 3.72. The minimum Gasteiger partial charge on any atom is -0.381 e. The molecular formula is C12H10Cl2N4. The molecule has 1 aromatic carbocycles. The van der Waals surface area contributed by atoms with Crippen molar-refractivity contribution in [3.63, 3.8) is 0 Å². The Morgan fingerprint density at radius 1 is 1.39 bits per heavy atom. The molecule has 0 aliphatic carbocycles. The van der Waals surface area contributed by atoms with E-state index in [2.05, 4.69) is 10.2 Å². The van der Waals surface area contributed by atoms with Crippen molar-refractivity contribution in [2.45, 2.75) is 13.3 Å². The summed E-state index contributed by atoms with van der Waals surface area (Å²) in [4.78, 5) is 0. The van der Waals surface area contributed by atoms with E-state index >= 15 is 0 Å². The van der Waals surface area contributed by atoms with E-state index in [-0.39, 0.29) is 11.4 Å². The van der Waals surface area contributed by atoms with Crippen molar-refractivity contribution in [1.82, 2.24) is 10.2 Å². The van der Waals surface area contributed by atoms with Gasteiger partial charge in [0.25, 0.3) is 0 Å². The van der Waals surface area contributed by atoms with E-state index in [0.717, 1.165) is 12.0 Å². The molecule has 2 rings (SSSR count). The molecule has 0 unspecified atom stereocenters. The first-order chi connectivity index (χ1) is 8.60. The zero-order valence-corrected chi connectivity index (χ0v) is 11.1. The third kappa shape index (κ3) is 1.92. The highest BCUT2D eigenvalue weighted by atomic mass is 35.5. The van der Waals surface area contributed by atoms with E-state index in [0.29, 0.717) is 21.3 Å². The third-order valence-corrected chi connectivity index (χ3v) is 3.64. The van der Waals surface area contributed by atoms with Gasteiger partial charge in [0.1, 0.15) is 11.6 Å². The summed E-state index contributed by atoms with van der Waals surface area (Å²) in [6.45, 7) is 1.99. The van der Waals surface area contributed by atoms with Crippen LogP contribution in [0.5, 0.6) is 0 Å². The molecule has 3 N–H and O–H groups in total. The number of aromatic amines is 1. The van der Waals surface area contributed by atoms with Crippen LogP contribution in [0.25, 0.3) is 11.3 Å². The molecule has 1 aromatic heterocycles. The van der Waals surface area contributed by atoms with Gasteiger partial charge in [0.2, 0.25) is 0 Å². The number of nitrogens with one attached hydrogen (secondary N) is 1. The van der Waals surface area contributed by atoms with E-state index in [1.54, 1.807) is 6.07 Å². The smallest absolute Gasteiger partial charge is 0.163 e. The normalized spacial score (nSPS) is 10.3. The first-order valence-corrected chi connectivity index (χ1v) is 6.06. The third-order valence-electron chi connectivity index (χ3n) is 2.72. The topological polar surface area (TPSA) is 78.5 Å². The van der Waals surface area contributed by atoms with Crippen LogP contribution in [0.2, 0.25) is 10.0 Å². The van der Waals surface area contributed by atoms with Gasteiger partial charge in [-0.05, 0) is 12.0 Å². The van der Waals surface area contributed by atoms with E-state index in [4.69, 9.17) is 34.2 Å². The average molecular weight is 281 g/mol. The van der Waals surface area contributed by atoms with Gasteiger partial charge in [-0.25, -0.2) is 0 Å².